The predicted molar refractivity (Wildman–Crippen MR) is 99.7 cm³/mol. The van der Waals surface area contributed by atoms with Gasteiger partial charge in [-0.15, -0.1) is 0 Å². The van der Waals surface area contributed by atoms with Crippen LogP contribution in [-0.2, 0) is 14.3 Å². The number of cyclic esters (lactones) is 1. The third-order valence-electron chi connectivity index (χ3n) is 3.35. The molecule has 3 rings (SSSR count). The normalized spacial score (nSPS) is 15.2. The van der Waals surface area contributed by atoms with E-state index >= 15 is 0 Å². The first-order chi connectivity index (χ1) is 12.5. The second kappa shape index (κ2) is 7.80. The lowest BCUT2D eigenvalue weighted by Gasteiger charge is -2.01. The Morgan fingerprint density at radius 2 is 1.88 bits per heavy atom. The molecule has 1 aliphatic rings. The first-order valence-corrected chi connectivity index (χ1v) is 8.12. The molecule has 0 spiro atoms. The molecule has 5 nitrogen and oxygen atoms in total. The Morgan fingerprint density at radius 1 is 1.12 bits per heavy atom. The van der Waals surface area contributed by atoms with Gasteiger partial charge in [0.05, 0.1) is 0 Å². The fourth-order valence-electron chi connectivity index (χ4n) is 2.23. The van der Waals surface area contributed by atoms with Crippen LogP contribution in [-0.4, -0.2) is 17.8 Å². The third-order valence-corrected chi connectivity index (χ3v) is 3.60. The van der Waals surface area contributed by atoms with Crippen LogP contribution in [0.3, 0.4) is 0 Å². The third kappa shape index (κ3) is 4.68. The SMILES string of the molecule is CC(=O)Oc1cccc(C=C2N=C(C=Cc3ccc(Cl)cc3)OC2=O)c1. The molecule has 0 saturated heterocycles. The summed E-state index contributed by atoms with van der Waals surface area (Å²) in [7, 11) is 0. The summed E-state index contributed by atoms with van der Waals surface area (Å²) in [6, 6.07) is 14.0. The van der Waals surface area contributed by atoms with Gasteiger partial charge in [-0.05, 0) is 47.5 Å². The van der Waals surface area contributed by atoms with Gasteiger partial charge in [0.1, 0.15) is 5.75 Å². The Hall–Kier alpha value is -3.18. The summed E-state index contributed by atoms with van der Waals surface area (Å²) in [6.45, 7) is 1.32. The molecule has 2 aromatic carbocycles. The van der Waals surface area contributed by atoms with Crippen LogP contribution in [0.25, 0.3) is 12.2 Å². The number of esters is 2. The van der Waals surface area contributed by atoms with Crippen molar-refractivity contribution < 1.29 is 19.1 Å². The minimum absolute atomic E-state index is 0.167. The number of benzene rings is 2. The lowest BCUT2D eigenvalue weighted by molar-refractivity contribution is -0.132. The van der Waals surface area contributed by atoms with Crippen molar-refractivity contribution in [3.8, 4) is 5.75 Å². The maximum atomic E-state index is 12.0. The monoisotopic (exact) mass is 367 g/mol. The minimum atomic E-state index is -0.543. The van der Waals surface area contributed by atoms with Crippen LogP contribution in [0, 0.1) is 0 Å². The van der Waals surface area contributed by atoms with Gasteiger partial charge in [-0.3, -0.25) is 4.79 Å². The van der Waals surface area contributed by atoms with E-state index in [4.69, 9.17) is 21.1 Å². The lowest BCUT2D eigenvalue weighted by atomic mass is 10.2. The molecule has 0 aliphatic carbocycles. The number of nitrogens with zero attached hydrogens (tertiary/aromatic N) is 1. The molecule has 1 heterocycles. The number of carbonyl (C=O) groups is 2. The smallest absolute Gasteiger partial charge is 0.363 e. The number of ether oxygens (including phenoxy) is 2. The van der Waals surface area contributed by atoms with E-state index in [1.165, 1.54) is 6.92 Å². The average molecular weight is 368 g/mol. The van der Waals surface area contributed by atoms with Crippen molar-refractivity contribution in [2.24, 2.45) is 4.99 Å². The van der Waals surface area contributed by atoms with E-state index in [0.29, 0.717) is 16.3 Å². The zero-order valence-corrected chi connectivity index (χ0v) is 14.6. The van der Waals surface area contributed by atoms with Gasteiger partial charge in [-0.1, -0.05) is 35.9 Å². The molecule has 0 N–H and O–H groups in total. The van der Waals surface area contributed by atoms with Crippen LogP contribution in [0.1, 0.15) is 18.1 Å². The molecule has 0 fully saturated rings. The van der Waals surface area contributed by atoms with Crippen molar-refractivity contribution in [1.29, 1.82) is 0 Å². The summed E-state index contributed by atoms with van der Waals surface area (Å²) >= 11 is 5.84. The van der Waals surface area contributed by atoms with Crippen LogP contribution in [0.15, 0.2) is 65.3 Å². The molecule has 0 bridgehead atoms. The Morgan fingerprint density at radius 3 is 2.62 bits per heavy atom. The highest BCUT2D eigenvalue weighted by molar-refractivity contribution is 6.30. The molecule has 1 aliphatic heterocycles. The van der Waals surface area contributed by atoms with Crippen LogP contribution in [0.4, 0.5) is 0 Å². The molecule has 26 heavy (non-hydrogen) atoms. The summed E-state index contributed by atoms with van der Waals surface area (Å²) < 4.78 is 10.2. The number of carbonyl (C=O) groups excluding carboxylic acids is 2. The molecular weight excluding hydrogens is 354 g/mol. The van der Waals surface area contributed by atoms with Crippen molar-refractivity contribution in [2.75, 3.05) is 0 Å². The highest BCUT2D eigenvalue weighted by Crippen LogP contribution is 2.20. The van der Waals surface area contributed by atoms with Gasteiger partial charge < -0.3 is 9.47 Å². The minimum Gasteiger partial charge on any atom is -0.427 e. The Kier molecular flexibility index (Phi) is 5.29. The van der Waals surface area contributed by atoms with Crippen molar-refractivity contribution in [3.63, 3.8) is 0 Å². The van der Waals surface area contributed by atoms with Crippen molar-refractivity contribution in [3.05, 3.63) is 76.5 Å². The van der Waals surface area contributed by atoms with E-state index < -0.39 is 11.9 Å². The maximum Gasteiger partial charge on any atom is 0.363 e. The molecule has 0 aromatic heterocycles. The Labute approximate surface area is 155 Å². The topological polar surface area (TPSA) is 65.0 Å². The molecule has 0 saturated carbocycles. The molecule has 0 radical (unpaired) electrons. The first-order valence-electron chi connectivity index (χ1n) is 7.74. The largest absolute Gasteiger partial charge is 0.427 e. The van der Waals surface area contributed by atoms with E-state index in [-0.39, 0.29) is 11.6 Å². The number of rotatable bonds is 4. The van der Waals surface area contributed by atoms with Crippen molar-refractivity contribution >= 4 is 41.6 Å². The summed E-state index contributed by atoms with van der Waals surface area (Å²) in [5, 5.41) is 0.646. The van der Waals surface area contributed by atoms with E-state index in [2.05, 4.69) is 4.99 Å². The molecule has 130 valence electrons. The fraction of sp³-hybridized carbons (Fsp3) is 0.0500. The van der Waals surface area contributed by atoms with Gasteiger partial charge in [-0.25, -0.2) is 9.79 Å². The molecule has 0 unspecified atom stereocenters. The van der Waals surface area contributed by atoms with Gasteiger partial charge in [0.2, 0.25) is 5.90 Å². The van der Waals surface area contributed by atoms with Crippen LogP contribution < -0.4 is 4.74 Å². The Bertz CT molecular complexity index is 943. The van der Waals surface area contributed by atoms with Crippen LogP contribution in [0.2, 0.25) is 5.02 Å². The summed E-state index contributed by atoms with van der Waals surface area (Å²) in [6.07, 6.45) is 4.95. The standard InChI is InChI=1S/C20H14ClNO4/c1-13(23)25-17-4-2-3-15(11-17)12-18-20(24)26-19(22-18)10-7-14-5-8-16(21)9-6-14/h2-12H,1H3. The van der Waals surface area contributed by atoms with E-state index in [1.54, 1.807) is 54.6 Å². The quantitative estimate of drug-likeness (QED) is 0.459. The number of aliphatic imine (C=N–C) groups is 1. The van der Waals surface area contributed by atoms with E-state index in [1.807, 2.05) is 12.1 Å². The maximum absolute atomic E-state index is 12.0. The second-order valence-electron chi connectivity index (χ2n) is 5.42. The van der Waals surface area contributed by atoms with Crippen LogP contribution >= 0.6 is 11.6 Å². The van der Waals surface area contributed by atoms with Gasteiger partial charge >= 0.3 is 11.9 Å². The molecular formula is C20H14ClNO4. The molecule has 6 heteroatoms. The zero-order chi connectivity index (χ0) is 18.5. The summed E-state index contributed by atoms with van der Waals surface area (Å²) in [4.78, 5) is 27.2. The molecule has 0 amide bonds. The van der Waals surface area contributed by atoms with Gasteiger partial charge in [-0.2, -0.15) is 0 Å². The Balaban J connectivity index is 1.78. The van der Waals surface area contributed by atoms with Crippen molar-refractivity contribution in [1.82, 2.24) is 0 Å². The average Bonchev–Trinajstić information content (AvgIpc) is 2.94. The molecule has 0 atom stereocenters. The summed E-state index contributed by atoms with van der Waals surface area (Å²) in [5.74, 6) is -0.362. The predicted octanol–water partition coefficient (Wildman–Crippen LogP) is 4.27. The number of halogens is 1. The molecule has 2 aromatic rings. The zero-order valence-electron chi connectivity index (χ0n) is 13.8. The van der Waals surface area contributed by atoms with Crippen molar-refractivity contribution in [2.45, 2.75) is 6.92 Å². The van der Waals surface area contributed by atoms with E-state index in [0.717, 1.165) is 5.56 Å². The van der Waals surface area contributed by atoms with Gasteiger partial charge in [0.25, 0.3) is 0 Å². The highest BCUT2D eigenvalue weighted by atomic mass is 35.5. The van der Waals surface area contributed by atoms with Gasteiger partial charge in [0.15, 0.2) is 5.70 Å². The fourth-order valence-corrected chi connectivity index (χ4v) is 2.36. The summed E-state index contributed by atoms with van der Waals surface area (Å²) in [5.41, 5.74) is 1.74. The number of hydrogen-bond acceptors (Lipinski definition) is 5. The van der Waals surface area contributed by atoms with Crippen LogP contribution in [0.5, 0.6) is 5.75 Å². The highest BCUT2D eigenvalue weighted by Gasteiger charge is 2.21. The second-order valence-corrected chi connectivity index (χ2v) is 5.86. The first kappa shape index (κ1) is 17.6. The van der Waals surface area contributed by atoms with Gasteiger partial charge in [0, 0.05) is 18.0 Å². The van der Waals surface area contributed by atoms with E-state index in [9.17, 15) is 9.59 Å². The number of hydrogen-bond donors (Lipinski definition) is 0. The lowest BCUT2D eigenvalue weighted by Crippen LogP contribution is -2.02.